The second-order valence-corrected chi connectivity index (χ2v) is 5.03. The first-order chi connectivity index (χ1) is 9.54. The molecule has 0 bridgehead atoms. The minimum Gasteiger partial charge on any atom is -0.480 e. The Hall–Kier alpha value is -1.79. The molecule has 0 aromatic heterocycles. The number of halogens is 1. The highest BCUT2D eigenvalue weighted by molar-refractivity contribution is 6.30. The van der Waals surface area contributed by atoms with Crippen molar-refractivity contribution in [2.45, 2.75) is 0 Å². The molecule has 0 radical (unpaired) electrons. The lowest BCUT2D eigenvalue weighted by atomic mass is 10.3. The summed E-state index contributed by atoms with van der Waals surface area (Å²) in [5, 5.41) is 12.1. The number of nitrogens with zero attached hydrogens (tertiary/aromatic N) is 2. The van der Waals surface area contributed by atoms with Crippen molar-refractivity contribution in [2.24, 2.45) is 0 Å². The van der Waals surface area contributed by atoms with E-state index in [9.17, 15) is 9.59 Å². The Morgan fingerprint density at radius 1 is 1.25 bits per heavy atom. The SMILES string of the molecule is O=C(O)CN1CCN(C(=O)Nc2cccc(Cl)c2)CC1. The van der Waals surface area contributed by atoms with E-state index >= 15 is 0 Å². The van der Waals surface area contributed by atoms with Gasteiger partial charge in [-0.25, -0.2) is 4.79 Å². The molecule has 108 valence electrons. The van der Waals surface area contributed by atoms with Crippen LogP contribution in [0, 0.1) is 0 Å². The van der Waals surface area contributed by atoms with Gasteiger partial charge in [0.05, 0.1) is 6.54 Å². The van der Waals surface area contributed by atoms with E-state index in [1.165, 1.54) is 0 Å². The van der Waals surface area contributed by atoms with Crippen LogP contribution in [0.4, 0.5) is 10.5 Å². The standard InChI is InChI=1S/C13H16ClN3O3/c14-10-2-1-3-11(8-10)15-13(20)17-6-4-16(5-7-17)9-12(18)19/h1-3,8H,4-7,9H2,(H,15,20)(H,18,19). The van der Waals surface area contributed by atoms with E-state index < -0.39 is 5.97 Å². The largest absolute Gasteiger partial charge is 0.480 e. The first-order valence-electron chi connectivity index (χ1n) is 6.30. The monoisotopic (exact) mass is 297 g/mol. The Bertz CT molecular complexity index is 501. The zero-order valence-corrected chi connectivity index (χ0v) is 11.6. The van der Waals surface area contributed by atoms with Gasteiger partial charge < -0.3 is 15.3 Å². The van der Waals surface area contributed by atoms with E-state index in [0.717, 1.165) is 0 Å². The fourth-order valence-corrected chi connectivity index (χ4v) is 2.26. The maximum Gasteiger partial charge on any atom is 0.321 e. The number of urea groups is 1. The number of piperazine rings is 1. The second-order valence-electron chi connectivity index (χ2n) is 4.60. The lowest BCUT2D eigenvalue weighted by Gasteiger charge is -2.33. The normalized spacial score (nSPS) is 15.9. The van der Waals surface area contributed by atoms with Crippen LogP contribution in [-0.2, 0) is 4.79 Å². The van der Waals surface area contributed by atoms with Gasteiger partial charge in [0.1, 0.15) is 0 Å². The Morgan fingerprint density at radius 3 is 2.55 bits per heavy atom. The zero-order chi connectivity index (χ0) is 14.5. The average molecular weight is 298 g/mol. The van der Waals surface area contributed by atoms with E-state index in [2.05, 4.69) is 5.32 Å². The van der Waals surface area contributed by atoms with Crippen LogP contribution in [-0.4, -0.2) is 59.6 Å². The van der Waals surface area contributed by atoms with Gasteiger partial charge in [0.15, 0.2) is 0 Å². The third kappa shape index (κ3) is 4.11. The van der Waals surface area contributed by atoms with Gasteiger partial charge in [-0.05, 0) is 18.2 Å². The lowest BCUT2D eigenvalue weighted by molar-refractivity contribution is -0.138. The quantitative estimate of drug-likeness (QED) is 0.888. The fourth-order valence-electron chi connectivity index (χ4n) is 2.07. The molecule has 1 aromatic carbocycles. The molecular formula is C13H16ClN3O3. The van der Waals surface area contributed by atoms with Crippen LogP contribution >= 0.6 is 11.6 Å². The molecule has 0 spiro atoms. The molecule has 1 aliphatic rings. The summed E-state index contributed by atoms with van der Waals surface area (Å²) in [5.74, 6) is -0.846. The number of nitrogens with one attached hydrogen (secondary N) is 1. The molecule has 2 rings (SSSR count). The minimum atomic E-state index is -0.846. The van der Waals surface area contributed by atoms with Crippen LogP contribution in [0.25, 0.3) is 0 Å². The molecule has 6 nitrogen and oxygen atoms in total. The van der Waals surface area contributed by atoms with Crippen LogP contribution < -0.4 is 5.32 Å². The summed E-state index contributed by atoms with van der Waals surface area (Å²) in [6, 6.07) is 6.76. The maximum atomic E-state index is 12.0. The van der Waals surface area contributed by atoms with Gasteiger partial charge in [-0.1, -0.05) is 17.7 Å². The highest BCUT2D eigenvalue weighted by Crippen LogP contribution is 2.15. The molecule has 20 heavy (non-hydrogen) atoms. The Morgan fingerprint density at radius 2 is 1.95 bits per heavy atom. The van der Waals surface area contributed by atoms with Crippen molar-refractivity contribution in [3.63, 3.8) is 0 Å². The van der Waals surface area contributed by atoms with Gasteiger partial charge in [-0.2, -0.15) is 0 Å². The summed E-state index contributed by atoms with van der Waals surface area (Å²) >= 11 is 5.85. The number of carbonyl (C=O) groups excluding carboxylic acids is 1. The van der Waals surface area contributed by atoms with Gasteiger partial charge in [0.2, 0.25) is 0 Å². The number of carboxylic acids is 1. The summed E-state index contributed by atoms with van der Waals surface area (Å²) in [4.78, 5) is 26.1. The molecule has 1 aliphatic heterocycles. The minimum absolute atomic E-state index is 0.0176. The second kappa shape index (κ2) is 6.58. The van der Waals surface area contributed by atoms with Gasteiger partial charge in [-0.3, -0.25) is 9.69 Å². The summed E-state index contributed by atoms with van der Waals surface area (Å²) in [5.41, 5.74) is 0.649. The first kappa shape index (κ1) is 14.6. The van der Waals surface area contributed by atoms with E-state index in [4.69, 9.17) is 16.7 Å². The van der Waals surface area contributed by atoms with Crippen LogP contribution in [0.5, 0.6) is 0 Å². The van der Waals surface area contributed by atoms with Crippen molar-refractivity contribution in [1.82, 2.24) is 9.80 Å². The topological polar surface area (TPSA) is 72.9 Å². The van der Waals surface area contributed by atoms with Gasteiger partial charge in [-0.15, -0.1) is 0 Å². The number of aliphatic carboxylic acids is 1. The number of rotatable bonds is 3. The molecule has 0 unspecified atom stereocenters. The van der Waals surface area contributed by atoms with E-state index in [1.54, 1.807) is 29.2 Å². The van der Waals surface area contributed by atoms with Crippen molar-refractivity contribution < 1.29 is 14.7 Å². The summed E-state index contributed by atoms with van der Waals surface area (Å²) in [7, 11) is 0. The molecule has 1 aromatic rings. The molecule has 0 atom stereocenters. The molecule has 7 heteroatoms. The van der Waals surface area contributed by atoms with E-state index in [0.29, 0.717) is 36.9 Å². The smallest absolute Gasteiger partial charge is 0.321 e. The van der Waals surface area contributed by atoms with Crippen LogP contribution in [0.15, 0.2) is 24.3 Å². The highest BCUT2D eigenvalue weighted by Gasteiger charge is 2.22. The van der Waals surface area contributed by atoms with Gasteiger partial charge in [0, 0.05) is 36.9 Å². The highest BCUT2D eigenvalue weighted by atomic mass is 35.5. The van der Waals surface area contributed by atoms with Crippen LogP contribution in [0.1, 0.15) is 0 Å². The molecular weight excluding hydrogens is 282 g/mol. The molecule has 1 saturated heterocycles. The van der Waals surface area contributed by atoms with Crippen molar-refractivity contribution in [3.05, 3.63) is 29.3 Å². The third-order valence-corrected chi connectivity index (χ3v) is 3.33. The number of benzene rings is 1. The summed E-state index contributed by atoms with van der Waals surface area (Å²) in [6.07, 6.45) is 0. The Kier molecular flexibility index (Phi) is 4.81. The van der Waals surface area contributed by atoms with Gasteiger partial charge >= 0.3 is 12.0 Å². The number of carboxylic acid groups (broad SMARTS) is 1. The Labute approximate surface area is 121 Å². The number of hydrogen-bond acceptors (Lipinski definition) is 3. The molecule has 1 heterocycles. The van der Waals surface area contributed by atoms with Gasteiger partial charge in [0.25, 0.3) is 0 Å². The van der Waals surface area contributed by atoms with Crippen molar-refractivity contribution in [3.8, 4) is 0 Å². The third-order valence-electron chi connectivity index (χ3n) is 3.09. The maximum absolute atomic E-state index is 12.0. The number of amides is 2. The zero-order valence-electron chi connectivity index (χ0n) is 10.9. The molecule has 0 aliphatic carbocycles. The van der Waals surface area contributed by atoms with E-state index in [1.807, 2.05) is 4.90 Å². The summed E-state index contributed by atoms with van der Waals surface area (Å²) < 4.78 is 0. The molecule has 0 saturated carbocycles. The number of anilines is 1. The predicted molar refractivity (Wildman–Crippen MR) is 76.1 cm³/mol. The average Bonchev–Trinajstić information content (AvgIpc) is 2.38. The number of hydrogen-bond donors (Lipinski definition) is 2. The van der Waals surface area contributed by atoms with E-state index in [-0.39, 0.29) is 12.6 Å². The molecule has 1 fully saturated rings. The summed E-state index contributed by atoms with van der Waals surface area (Å²) in [6.45, 7) is 2.17. The van der Waals surface area contributed by atoms with Crippen LogP contribution in [0.2, 0.25) is 5.02 Å². The fraction of sp³-hybridized carbons (Fsp3) is 0.385. The number of carbonyl (C=O) groups is 2. The Balaban J connectivity index is 1.84. The lowest BCUT2D eigenvalue weighted by Crippen LogP contribution is -2.51. The van der Waals surface area contributed by atoms with Crippen LogP contribution in [0.3, 0.4) is 0 Å². The van der Waals surface area contributed by atoms with Crippen molar-refractivity contribution >= 4 is 29.3 Å². The van der Waals surface area contributed by atoms with Crippen molar-refractivity contribution in [1.29, 1.82) is 0 Å². The molecule has 2 amide bonds. The predicted octanol–water partition coefficient (Wildman–Crippen LogP) is 1.57. The first-order valence-corrected chi connectivity index (χ1v) is 6.68. The molecule has 2 N–H and O–H groups in total. The van der Waals surface area contributed by atoms with Crippen molar-refractivity contribution in [2.75, 3.05) is 38.0 Å².